The van der Waals surface area contributed by atoms with E-state index in [1.165, 1.54) is 37.7 Å². The van der Waals surface area contributed by atoms with Crippen molar-refractivity contribution in [2.75, 3.05) is 20.8 Å². The number of likely N-dealkylation sites (tertiary alicyclic amines) is 1. The lowest BCUT2D eigenvalue weighted by Crippen LogP contribution is -2.57. The molecule has 2 aromatic rings. The Labute approximate surface area is 214 Å². The zero-order valence-electron chi connectivity index (χ0n) is 20.6. The van der Waals surface area contributed by atoms with Crippen molar-refractivity contribution in [2.24, 2.45) is 5.92 Å². The number of nitrogens with zero attached hydrogens (tertiary/aromatic N) is 1. The van der Waals surface area contributed by atoms with Crippen molar-refractivity contribution in [3.8, 4) is 0 Å². The van der Waals surface area contributed by atoms with Gasteiger partial charge in [0.15, 0.2) is 0 Å². The molecule has 1 saturated heterocycles. The van der Waals surface area contributed by atoms with E-state index in [1.54, 1.807) is 48.5 Å². The predicted molar refractivity (Wildman–Crippen MR) is 131 cm³/mol. The number of carboxylic acid groups (broad SMARTS) is 1. The molecule has 1 atom stereocenters. The van der Waals surface area contributed by atoms with E-state index in [2.05, 4.69) is 9.47 Å². The van der Waals surface area contributed by atoms with Gasteiger partial charge >= 0.3 is 17.9 Å². The fourth-order valence-corrected chi connectivity index (χ4v) is 3.38. The van der Waals surface area contributed by atoms with E-state index >= 15 is 0 Å². The van der Waals surface area contributed by atoms with Gasteiger partial charge in [-0.1, -0.05) is 67.1 Å². The maximum Gasteiger partial charge on any atom is 0.377 e. The third-order valence-corrected chi connectivity index (χ3v) is 5.85. The molecule has 37 heavy (non-hydrogen) atoms. The summed E-state index contributed by atoms with van der Waals surface area (Å²) in [6.45, 7) is 0.414. The molecule has 10 heteroatoms. The molecule has 1 aliphatic carbocycles. The van der Waals surface area contributed by atoms with Crippen LogP contribution in [0.2, 0.25) is 0 Å². The molecule has 0 spiro atoms. The monoisotopic (exact) mass is 511 g/mol. The largest absolute Gasteiger partial charge is 0.475 e. The standard InChI is InChI=1S/C13H13NO4.C8H6O3.C6H10O2/c1-18-13(17)10-7-8-14(10)12(16)11(15)9-5-3-2-4-6-9;9-7(8(10)11)6-4-2-1-3-5-6;1-8-6(7)5-3-2-4-5/h2-6,10H,7-8H2,1H3;1-5H,(H,10,11);5H,2-4H2,1H3/t10-;;/m0../s1. The first-order valence-electron chi connectivity index (χ1n) is 11.6. The summed E-state index contributed by atoms with van der Waals surface area (Å²) in [5.41, 5.74) is 0.540. The van der Waals surface area contributed by atoms with Crippen LogP contribution in [0.1, 0.15) is 46.4 Å². The van der Waals surface area contributed by atoms with Crippen molar-refractivity contribution in [2.45, 2.75) is 31.7 Å². The summed E-state index contributed by atoms with van der Waals surface area (Å²) in [4.78, 5) is 67.9. The van der Waals surface area contributed by atoms with E-state index in [0.29, 0.717) is 18.5 Å². The number of carbonyl (C=O) groups is 6. The van der Waals surface area contributed by atoms with E-state index < -0.39 is 35.5 Å². The fourth-order valence-electron chi connectivity index (χ4n) is 3.38. The van der Waals surface area contributed by atoms with E-state index in [4.69, 9.17) is 5.11 Å². The van der Waals surface area contributed by atoms with Crippen LogP contribution in [0.3, 0.4) is 0 Å². The van der Waals surface area contributed by atoms with Crippen molar-refractivity contribution >= 4 is 35.4 Å². The summed E-state index contributed by atoms with van der Waals surface area (Å²) < 4.78 is 9.09. The SMILES string of the molecule is COC(=O)C1CCC1.COC(=O)[C@@H]1CCN1C(=O)C(=O)c1ccccc1.O=C(O)C(=O)c1ccccc1. The maximum absolute atomic E-state index is 11.9. The molecule has 0 bridgehead atoms. The van der Waals surface area contributed by atoms with Crippen LogP contribution >= 0.6 is 0 Å². The van der Waals surface area contributed by atoms with Gasteiger partial charge in [0.25, 0.3) is 11.7 Å². The number of ether oxygens (including phenoxy) is 2. The smallest absolute Gasteiger partial charge is 0.377 e. The zero-order chi connectivity index (χ0) is 27.4. The van der Waals surface area contributed by atoms with Crippen LogP contribution in [-0.2, 0) is 28.7 Å². The normalized spacial score (nSPS) is 15.6. The summed E-state index contributed by atoms with van der Waals surface area (Å²) in [6, 6.07) is 15.6. The number of carboxylic acids is 1. The summed E-state index contributed by atoms with van der Waals surface area (Å²) >= 11 is 0. The number of hydrogen-bond acceptors (Lipinski definition) is 8. The highest BCUT2D eigenvalue weighted by Crippen LogP contribution is 2.26. The number of carbonyl (C=O) groups excluding carboxylic acids is 5. The Morgan fingerprint density at radius 1 is 0.730 bits per heavy atom. The molecule has 0 unspecified atom stereocenters. The number of rotatable bonds is 6. The van der Waals surface area contributed by atoms with Crippen molar-refractivity contribution in [3.05, 3.63) is 71.8 Å². The molecule has 1 saturated carbocycles. The van der Waals surface area contributed by atoms with Crippen LogP contribution in [-0.4, -0.2) is 72.2 Å². The molecule has 2 aliphatic rings. The summed E-state index contributed by atoms with van der Waals surface area (Å²) in [6.07, 6.45) is 3.81. The van der Waals surface area contributed by atoms with Gasteiger partial charge in [0, 0.05) is 17.7 Å². The first-order chi connectivity index (χ1) is 17.7. The fraction of sp³-hybridized carbons (Fsp3) is 0.333. The minimum absolute atomic E-state index is 0.0312. The van der Waals surface area contributed by atoms with Gasteiger partial charge in [-0.15, -0.1) is 0 Å². The lowest BCUT2D eigenvalue weighted by molar-refractivity contribution is -0.157. The molecule has 1 aliphatic heterocycles. The Kier molecular flexibility index (Phi) is 11.1. The van der Waals surface area contributed by atoms with Crippen LogP contribution in [0.4, 0.5) is 0 Å². The quantitative estimate of drug-likeness (QED) is 0.351. The number of esters is 2. The van der Waals surface area contributed by atoms with Gasteiger partial charge in [-0.05, 0) is 19.3 Å². The van der Waals surface area contributed by atoms with E-state index in [1.807, 2.05) is 0 Å². The number of methoxy groups -OCH3 is 2. The topological polar surface area (TPSA) is 144 Å². The lowest BCUT2D eigenvalue weighted by Gasteiger charge is -2.38. The summed E-state index contributed by atoms with van der Waals surface area (Å²) in [5, 5.41) is 8.29. The first kappa shape index (κ1) is 28.9. The molecule has 10 nitrogen and oxygen atoms in total. The van der Waals surface area contributed by atoms with Gasteiger partial charge < -0.3 is 19.5 Å². The van der Waals surface area contributed by atoms with Crippen LogP contribution < -0.4 is 0 Å². The van der Waals surface area contributed by atoms with Crippen molar-refractivity contribution in [1.29, 1.82) is 0 Å². The molecule has 1 heterocycles. The highest BCUT2D eigenvalue weighted by atomic mass is 16.5. The minimum Gasteiger partial charge on any atom is -0.475 e. The lowest BCUT2D eigenvalue weighted by atomic mass is 9.86. The zero-order valence-corrected chi connectivity index (χ0v) is 20.6. The van der Waals surface area contributed by atoms with Gasteiger partial charge in [-0.25, -0.2) is 9.59 Å². The maximum atomic E-state index is 11.9. The van der Waals surface area contributed by atoms with Crippen LogP contribution in [0.15, 0.2) is 60.7 Å². The highest BCUT2D eigenvalue weighted by molar-refractivity contribution is 6.43. The molecule has 196 valence electrons. The van der Waals surface area contributed by atoms with Gasteiger partial charge in [-0.3, -0.25) is 19.2 Å². The molecule has 4 rings (SSSR count). The Morgan fingerprint density at radius 2 is 1.22 bits per heavy atom. The number of ketones is 2. The number of hydrogen-bond donors (Lipinski definition) is 1. The highest BCUT2D eigenvalue weighted by Gasteiger charge is 2.40. The second kappa shape index (κ2) is 14.3. The molecule has 0 radical (unpaired) electrons. The Hall–Kier alpha value is -4.34. The first-order valence-corrected chi connectivity index (χ1v) is 11.6. The van der Waals surface area contributed by atoms with Crippen LogP contribution in [0.25, 0.3) is 0 Å². The Balaban J connectivity index is 0.000000215. The molecule has 2 aromatic carbocycles. The summed E-state index contributed by atoms with van der Waals surface area (Å²) in [5.74, 6) is -3.81. The van der Waals surface area contributed by atoms with Gasteiger partial charge in [-0.2, -0.15) is 0 Å². The van der Waals surface area contributed by atoms with Crippen LogP contribution in [0.5, 0.6) is 0 Å². The Bertz CT molecular complexity index is 1110. The van der Waals surface area contributed by atoms with Gasteiger partial charge in [0.05, 0.1) is 20.1 Å². The number of benzene rings is 2. The second-order valence-electron chi connectivity index (χ2n) is 8.17. The average Bonchev–Trinajstić information content (AvgIpc) is 2.87. The average molecular weight is 512 g/mol. The van der Waals surface area contributed by atoms with Crippen LogP contribution in [0, 0.1) is 5.92 Å². The second-order valence-corrected chi connectivity index (χ2v) is 8.17. The number of amides is 1. The van der Waals surface area contributed by atoms with Crippen molar-refractivity contribution < 1.29 is 43.3 Å². The Morgan fingerprint density at radius 3 is 1.54 bits per heavy atom. The minimum atomic E-state index is -1.42. The number of aliphatic carboxylic acids is 1. The molecule has 0 aromatic heterocycles. The van der Waals surface area contributed by atoms with E-state index in [0.717, 1.165) is 12.8 Å². The van der Waals surface area contributed by atoms with Gasteiger partial charge in [0.1, 0.15) is 6.04 Å². The third kappa shape index (κ3) is 8.09. The molecular weight excluding hydrogens is 482 g/mol. The third-order valence-electron chi connectivity index (χ3n) is 5.85. The van der Waals surface area contributed by atoms with E-state index in [-0.39, 0.29) is 17.5 Å². The molecular formula is C27H29NO9. The van der Waals surface area contributed by atoms with Crippen molar-refractivity contribution in [1.82, 2.24) is 4.90 Å². The predicted octanol–water partition coefficient (Wildman–Crippen LogP) is 2.56. The molecule has 1 amide bonds. The van der Waals surface area contributed by atoms with E-state index in [9.17, 15) is 28.8 Å². The molecule has 1 N–H and O–H groups in total. The number of Topliss-reactive ketones (excluding diaryl/α,β-unsaturated/α-hetero) is 2. The summed E-state index contributed by atoms with van der Waals surface area (Å²) in [7, 11) is 2.71. The molecule has 2 fully saturated rings. The van der Waals surface area contributed by atoms with Gasteiger partial charge in [0.2, 0.25) is 5.78 Å². The van der Waals surface area contributed by atoms with Crippen molar-refractivity contribution in [3.63, 3.8) is 0 Å².